The van der Waals surface area contributed by atoms with Crippen LogP contribution in [0.3, 0.4) is 0 Å². The first kappa shape index (κ1) is 21.9. The SMILES string of the molecule is CS(=O)(=O)O[C@@H]1C[C@@H](C(O)CCNC(N)=O)N(C(=O)OCc2ccccc2)C1. The fourth-order valence-corrected chi connectivity index (χ4v) is 3.69. The molecule has 0 aromatic heterocycles. The lowest BCUT2D eigenvalue weighted by atomic mass is 10.0. The van der Waals surface area contributed by atoms with Gasteiger partial charge in [0.15, 0.2) is 0 Å². The summed E-state index contributed by atoms with van der Waals surface area (Å²) in [6, 6.07) is 7.62. The van der Waals surface area contributed by atoms with Crippen LogP contribution in [0.4, 0.5) is 9.59 Å². The van der Waals surface area contributed by atoms with E-state index in [1.807, 2.05) is 18.2 Å². The Morgan fingerprint density at radius 2 is 2.04 bits per heavy atom. The molecule has 3 amide bonds. The Labute approximate surface area is 163 Å². The monoisotopic (exact) mass is 415 g/mol. The number of likely N-dealkylation sites (tertiary alicyclic amines) is 1. The van der Waals surface area contributed by atoms with Crippen molar-refractivity contribution >= 4 is 22.2 Å². The number of benzene rings is 1. The number of aliphatic hydroxyl groups is 1. The van der Waals surface area contributed by atoms with Gasteiger partial charge >= 0.3 is 12.1 Å². The normalized spacial score (nSPS) is 20.6. The molecule has 0 bridgehead atoms. The van der Waals surface area contributed by atoms with E-state index in [-0.39, 0.29) is 32.5 Å². The van der Waals surface area contributed by atoms with Crippen LogP contribution < -0.4 is 11.1 Å². The molecule has 0 radical (unpaired) electrons. The summed E-state index contributed by atoms with van der Waals surface area (Å²) in [5.74, 6) is 0. The highest BCUT2D eigenvalue weighted by Crippen LogP contribution is 2.26. The number of nitrogens with zero attached hydrogens (tertiary/aromatic N) is 1. The van der Waals surface area contributed by atoms with Crippen molar-refractivity contribution in [3.63, 3.8) is 0 Å². The van der Waals surface area contributed by atoms with Gasteiger partial charge in [0.2, 0.25) is 0 Å². The molecule has 28 heavy (non-hydrogen) atoms. The maximum absolute atomic E-state index is 12.5. The number of primary amides is 1. The molecule has 0 saturated carbocycles. The Bertz CT molecular complexity index is 772. The summed E-state index contributed by atoms with van der Waals surface area (Å²) >= 11 is 0. The molecule has 2 rings (SSSR count). The highest BCUT2D eigenvalue weighted by atomic mass is 32.2. The molecule has 0 spiro atoms. The smallest absolute Gasteiger partial charge is 0.410 e. The topological polar surface area (TPSA) is 148 Å². The number of rotatable bonds is 8. The summed E-state index contributed by atoms with van der Waals surface area (Å²) in [4.78, 5) is 24.5. The molecule has 1 aromatic rings. The predicted molar refractivity (Wildman–Crippen MR) is 99.7 cm³/mol. The van der Waals surface area contributed by atoms with E-state index in [0.29, 0.717) is 0 Å². The number of nitrogens with one attached hydrogen (secondary N) is 1. The van der Waals surface area contributed by atoms with Crippen molar-refractivity contribution in [2.75, 3.05) is 19.3 Å². The molecule has 1 aromatic carbocycles. The Balaban J connectivity index is 2.02. The van der Waals surface area contributed by atoms with Crippen molar-refractivity contribution < 1.29 is 32.0 Å². The van der Waals surface area contributed by atoms with Gasteiger partial charge in [0.1, 0.15) is 6.61 Å². The van der Waals surface area contributed by atoms with Gasteiger partial charge in [-0.2, -0.15) is 8.42 Å². The van der Waals surface area contributed by atoms with Crippen molar-refractivity contribution in [1.82, 2.24) is 10.2 Å². The van der Waals surface area contributed by atoms with E-state index >= 15 is 0 Å². The molecule has 11 heteroatoms. The molecule has 1 fully saturated rings. The molecule has 3 atom stereocenters. The number of ether oxygens (including phenoxy) is 1. The van der Waals surface area contributed by atoms with E-state index in [9.17, 15) is 23.1 Å². The van der Waals surface area contributed by atoms with Crippen molar-refractivity contribution in [3.05, 3.63) is 35.9 Å². The van der Waals surface area contributed by atoms with Crippen molar-refractivity contribution in [2.45, 2.75) is 37.7 Å². The lowest BCUT2D eigenvalue weighted by Gasteiger charge is -2.27. The molecule has 1 aliphatic rings. The van der Waals surface area contributed by atoms with Crippen molar-refractivity contribution in [1.29, 1.82) is 0 Å². The van der Waals surface area contributed by atoms with Crippen LogP contribution in [0.2, 0.25) is 0 Å². The predicted octanol–water partition coefficient (Wildman–Crippen LogP) is 0.162. The minimum absolute atomic E-state index is 0.0360. The van der Waals surface area contributed by atoms with Gasteiger partial charge in [-0.3, -0.25) is 9.08 Å². The molecule has 1 unspecified atom stereocenters. The minimum atomic E-state index is -3.72. The zero-order valence-corrected chi connectivity index (χ0v) is 16.3. The molecular formula is C17H25N3O7S. The van der Waals surface area contributed by atoms with E-state index in [2.05, 4.69) is 5.32 Å². The summed E-state index contributed by atoms with van der Waals surface area (Å²) in [5, 5.41) is 12.8. The first-order chi connectivity index (χ1) is 13.2. The van der Waals surface area contributed by atoms with Crippen LogP contribution in [-0.2, 0) is 25.6 Å². The molecule has 1 saturated heterocycles. The van der Waals surface area contributed by atoms with Crippen LogP contribution >= 0.6 is 0 Å². The Hall–Kier alpha value is -2.37. The van der Waals surface area contributed by atoms with Crippen LogP contribution in [0.1, 0.15) is 18.4 Å². The van der Waals surface area contributed by atoms with Gasteiger partial charge in [0.05, 0.1) is 31.1 Å². The van der Waals surface area contributed by atoms with Crippen LogP contribution in [0.15, 0.2) is 30.3 Å². The number of hydrogen-bond acceptors (Lipinski definition) is 7. The Morgan fingerprint density at radius 1 is 1.36 bits per heavy atom. The highest BCUT2D eigenvalue weighted by Gasteiger charge is 2.41. The largest absolute Gasteiger partial charge is 0.445 e. The minimum Gasteiger partial charge on any atom is -0.445 e. The van der Waals surface area contributed by atoms with Crippen molar-refractivity contribution in [3.8, 4) is 0 Å². The molecule has 4 N–H and O–H groups in total. The van der Waals surface area contributed by atoms with Crippen molar-refractivity contribution in [2.24, 2.45) is 5.73 Å². The van der Waals surface area contributed by atoms with E-state index in [1.54, 1.807) is 12.1 Å². The highest BCUT2D eigenvalue weighted by molar-refractivity contribution is 7.86. The Kier molecular flexibility index (Phi) is 7.61. The van der Waals surface area contributed by atoms with Gasteiger partial charge in [-0.25, -0.2) is 9.59 Å². The second-order valence-electron chi connectivity index (χ2n) is 6.57. The third-order valence-electron chi connectivity index (χ3n) is 4.24. The third-order valence-corrected chi connectivity index (χ3v) is 4.86. The summed E-state index contributed by atoms with van der Waals surface area (Å²) < 4.78 is 33.1. The quantitative estimate of drug-likeness (QED) is 0.512. The number of carbonyl (C=O) groups is 2. The van der Waals surface area contributed by atoms with Gasteiger partial charge in [0, 0.05) is 6.54 Å². The van der Waals surface area contributed by atoms with E-state index in [1.165, 1.54) is 4.90 Å². The number of amides is 3. The zero-order chi connectivity index (χ0) is 20.7. The fraction of sp³-hybridized carbons (Fsp3) is 0.529. The molecule has 1 heterocycles. The van der Waals surface area contributed by atoms with Gasteiger partial charge in [-0.1, -0.05) is 30.3 Å². The average Bonchev–Trinajstić information content (AvgIpc) is 3.02. The van der Waals surface area contributed by atoms with Crippen LogP contribution in [0.5, 0.6) is 0 Å². The first-order valence-electron chi connectivity index (χ1n) is 8.72. The standard InChI is InChI=1S/C17H25N3O7S/c1-28(24,25)27-13-9-14(15(21)7-8-19-16(18)22)20(10-13)17(23)26-11-12-5-3-2-4-6-12/h2-6,13-15,21H,7-11H2,1H3,(H3,18,19,22)/t13-,14+,15?/m1/s1. The second kappa shape index (κ2) is 9.71. The van der Waals surface area contributed by atoms with E-state index in [4.69, 9.17) is 14.7 Å². The number of nitrogens with two attached hydrogens (primary N) is 1. The number of aliphatic hydroxyl groups excluding tert-OH is 1. The summed E-state index contributed by atoms with van der Waals surface area (Å²) in [7, 11) is -3.72. The molecule has 0 aliphatic carbocycles. The van der Waals surface area contributed by atoms with E-state index in [0.717, 1.165) is 11.8 Å². The Morgan fingerprint density at radius 3 is 2.64 bits per heavy atom. The third kappa shape index (κ3) is 6.98. The maximum atomic E-state index is 12.5. The molecule has 10 nitrogen and oxygen atoms in total. The number of urea groups is 1. The van der Waals surface area contributed by atoms with Gasteiger partial charge < -0.3 is 20.9 Å². The first-order valence-corrected chi connectivity index (χ1v) is 10.5. The molecular weight excluding hydrogens is 390 g/mol. The fourth-order valence-electron chi connectivity index (χ4n) is 3.06. The van der Waals surface area contributed by atoms with Gasteiger partial charge in [-0.15, -0.1) is 0 Å². The lowest BCUT2D eigenvalue weighted by molar-refractivity contribution is 0.0450. The summed E-state index contributed by atoms with van der Waals surface area (Å²) in [6.45, 7) is 0.114. The van der Waals surface area contributed by atoms with Gasteiger partial charge in [0.25, 0.3) is 10.1 Å². The number of hydrogen-bond donors (Lipinski definition) is 3. The van der Waals surface area contributed by atoms with Crippen LogP contribution in [0.25, 0.3) is 0 Å². The lowest BCUT2D eigenvalue weighted by Crippen LogP contribution is -2.44. The molecule has 156 valence electrons. The zero-order valence-electron chi connectivity index (χ0n) is 15.5. The van der Waals surface area contributed by atoms with Gasteiger partial charge in [-0.05, 0) is 18.4 Å². The average molecular weight is 415 g/mol. The summed E-state index contributed by atoms with van der Waals surface area (Å²) in [6.07, 6.45) is -1.33. The van der Waals surface area contributed by atoms with Crippen LogP contribution in [-0.4, -0.2) is 68.1 Å². The summed E-state index contributed by atoms with van der Waals surface area (Å²) in [5.41, 5.74) is 5.78. The van der Waals surface area contributed by atoms with E-state index < -0.39 is 40.5 Å². The number of carbonyl (C=O) groups excluding carboxylic acids is 2. The second-order valence-corrected chi connectivity index (χ2v) is 8.17. The molecule has 1 aliphatic heterocycles. The maximum Gasteiger partial charge on any atom is 0.410 e. The van der Waals surface area contributed by atoms with Crippen LogP contribution in [0, 0.1) is 0 Å².